The van der Waals surface area contributed by atoms with Gasteiger partial charge in [-0.2, -0.15) is 0 Å². The van der Waals surface area contributed by atoms with Crippen LogP contribution in [0.1, 0.15) is 24.3 Å². The topological polar surface area (TPSA) is 44.0 Å². The molecule has 0 bridgehead atoms. The van der Waals surface area contributed by atoms with Gasteiger partial charge in [0.2, 0.25) is 0 Å². The van der Waals surface area contributed by atoms with Gasteiger partial charge in [-0.1, -0.05) is 6.92 Å². The molecule has 0 aromatic carbocycles. The van der Waals surface area contributed by atoms with E-state index >= 15 is 0 Å². The Bertz CT molecular complexity index is 691. The van der Waals surface area contributed by atoms with E-state index in [2.05, 4.69) is 0 Å². The SMILES string of the molecule is CCc1c(C)sc2c1c(=O)n(C)c(=O)n2CC. The Hall–Kier alpha value is -1.36. The summed E-state index contributed by atoms with van der Waals surface area (Å²) in [7, 11) is 1.54. The van der Waals surface area contributed by atoms with Gasteiger partial charge in [-0.05, 0) is 25.8 Å². The van der Waals surface area contributed by atoms with E-state index in [0.29, 0.717) is 6.54 Å². The fraction of sp³-hybridized carbons (Fsp3) is 0.500. The Balaban J connectivity index is 3.12. The standard InChI is InChI=1S/C12H16N2O2S/c1-5-8-7(3)17-11-9(8)10(15)13(4)12(16)14(11)6-2/h5-6H2,1-4H3. The van der Waals surface area contributed by atoms with Gasteiger partial charge in [0.25, 0.3) is 5.56 Å². The molecule has 0 N–H and O–H groups in total. The highest BCUT2D eigenvalue weighted by Crippen LogP contribution is 2.27. The fourth-order valence-corrected chi connectivity index (χ4v) is 3.49. The summed E-state index contributed by atoms with van der Waals surface area (Å²) in [4.78, 5) is 26.1. The van der Waals surface area contributed by atoms with Crippen LogP contribution in [-0.4, -0.2) is 9.13 Å². The molecule has 2 heterocycles. The molecule has 0 aliphatic heterocycles. The minimum absolute atomic E-state index is 0.170. The second kappa shape index (κ2) is 4.14. The number of rotatable bonds is 2. The minimum Gasteiger partial charge on any atom is -0.285 e. The number of thiophene rings is 1. The third kappa shape index (κ3) is 1.57. The summed E-state index contributed by atoms with van der Waals surface area (Å²) in [5.74, 6) is 0. The third-order valence-electron chi connectivity index (χ3n) is 3.14. The van der Waals surface area contributed by atoms with Crippen molar-refractivity contribution in [2.75, 3.05) is 0 Å². The largest absolute Gasteiger partial charge is 0.331 e. The molecule has 5 heteroatoms. The van der Waals surface area contributed by atoms with Crippen molar-refractivity contribution in [1.82, 2.24) is 9.13 Å². The lowest BCUT2D eigenvalue weighted by Gasteiger charge is -2.06. The second-order valence-electron chi connectivity index (χ2n) is 4.06. The van der Waals surface area contributed by atoms with E-state index in [-0.39, 0.29) is 11.2 Å². The molecule has 0 aliphatic carbocycles. The molecule has 0 saturated heterocycles. The molecule has 0 aliphatic rings. The Morgan fingerprint density at radius 1 is 1.24 bits per heavy atom. The normalized spacial score (nSPS) is 11.3. The zero-order valence-electron chi connectivity index (χ0n) is 10.5. The van der Waals surface area contributed by atoms with Crippen LogP contribution in [0, 0.1) is 6.92 Å². The van der Waals surface area contributed by atoms with Crippen molar-refractivity contribution < 1.29 is 0 Å². The van der Waals surface area contributed by atoms with Crippen LogP contribution >= 0.6 is 11.3 Å². The van der Waals surface area contributed by atoms with Gasteiger partial charge < -0.3 is 0 Å². The number of hydrogen-bond donors (Lipinski definition) is 0. The van der Waals surface area contributed by atoms with Gasteiger partial charge in [-0.3, -0.25) is 13.9 Å². The summed E-state index contributed by atoms with van der Waals surface area (Å²) in [6, 6.07) is 0. The van der Waals surface area contributed by atoms with Crippen molar-refractivity contribution in [2.45, 2.75) is 33.7 Å². The van der Waals surface area contributed by atoms with Crippen LogP contribution in [0.4, 0.5) is 0 Å². The van der Waals surface area contributed by atoms with Crippen LogP contribution in [0.15, 0.2) is 9.59 Å². The molecule has 2 rings (SSSR count). The number of aromatic nitrogens is 2. The molecule has 0 spiro atoms. The molecule has 0 radical (unpaired) electrons. The number of aryl methyl sites for hydroxylation is 3. The highest BCUT2D eigenvalue weighted by atomic mass is 32.1. The monoisotopic (exact) mass is 252 g/mol. The molecule has 0 unspecified atom stereocenters. The fourth-order valence-electron chi connectivity index (χ4n) is 2.20. The molecule has 0 saturated carbocycles. The number of fused-ring (bicyclic) bond motifs is 1. The maximum Gasteiger partial charge on any atom is 0.331 e. The molecule has 0 amide bonds. The summed E-state index contributed by atoms with van der Waals surface area (Å²) in [5, 5.41) is 0.721. The predicted molar refractivity (Wildman–Crippen MR) is 71.1 cm³/mol. The Morgan fingerprint density at radius 2 is 1.88 bits per heavy atom. The van der Waals surface area contributed by atoms with E-state index in [1.807, 2.05) is 20.8 Å². The zero-order chi connectivity index (χ0) is 12.7. The van der Waals surface area contributed by atoms with Crippen LogP contribution in [-0.2, 0) is 20.0 Å². The Kier molecular flexibility index (Phi) is 2.95. The Morgan fingerprint density at radius 3 is 2.41 bits per heavy atom. The Labute approximate surface area is 103 Å². The number of nitrogens with zero attached hydrogens (tertiary/aromatic N) is 2. The first-order valence-electron chi connectivity index (χ1n) is 5.74. The van der Waals surface area contributed by atoms with Crippen molar-refractivity contribution in [3.05, 3.63) is 31.3 Å². The molecule has 2 aromatic rings. The van der Waals surface area contributed by atoms with Gasteiger partial charge in [0, 0.05) is 18.5 Å². The van der Waals surface area contributed by atoms with E-state index in [9.17, 15) is 9.59 Å². The van der Waals surface area contributed by atoms with E-state index in [1.165, 1.54) is 4.57 Å². The average Bonchev–Trinajstić information content (AvgIpc) is 2.63. The maximum atomic E-state index is 12.2. The van der Waals surface area contributed by atoms with E-state index in [4.69, 9.17) is 0 Å². The van der Waals surface area contributed by atoms with Crippen LogP contribution in [0.5, 0.6) is 0 Å². The lowest BCUT2D eigenvalue weighted by molar-refractivity contribution is 0.660. The van der Waals surface area contributed by atoms with Gasteiger partial charge >= 0.3 is 5.69 Å². The molecular formula is C12H16N2O2S. The smallest absolute Gasteiger partial charge is 0.285 e. The van der Waals surface area contributed by atoms with Crippen LogP contribution in [0.25, 0.3) is 10.2 Å². The molecule has 4 nitrogen and oxygen atoms in total. The van der Waals surface area contributed by atoms with E-state index < -0.39 is 0 Å². The molecule has 0 atom stereocenters. The molecule has 0 fully saturated rings. The average molecular weight is 252 g/mol. The van der Waals surface area contributed by atoms with Crippen molar-refractivity contribution in [2.24, 2.45) is 7.05 Å². The maximum absolute atomic E-state index is 12.2. The van der Waals surface area contributed by atoms with Crippen LogP contribution in [0.3, 0.4) is 0 Å². The molecule has 92 valence electrons. The van der Waals surface area contributed by atoms with E-state index in [1.54, 1.807) is 23.0 Å². The predicted octanol–water partition coefficient (Wildman–Crippen LogP) is 1.65. The minimum atomic E-state index is -0.228. The first-order valence-corrected chi connectivity index (χ1v) is 6.56. The van der Waals surface area contributed by atoms with Gasteiger partial charge in [-0.25, -0.2) is 4.79 Å². The quantitative estimate of drug-likeness (QED) is 0.815. The molecule has 2 aromatic heterocycles. The van der Waals surface area contributed by atoms with Gasteiger partial charge in [0.15, 0.2) is 0 Å². The lowest BCUT2D eigenvalue weighted by Crippen LogP contribution is -2.37. The van der Waals surface area contributed by atoms with Gasteiger partial charge in [-0.15, -0.1) is 11.3 Å². The first kappa shape index (κ1) is 12.1. The molecular weight excluding hydrogens is 236 g/mol. The van der Waals surface area contributed by atoms with Crippen LogP contribution in [0.2, 0.25) is 0 Å². The van der Waals surface area contributed by atoms with Gasteiger partial charge in [0.05, 0.1) is 5.39 Å². The summed E-state index contributed by atoms with van der Waals surface area (Å²) in [6.45, 7) is 6.56. The van der Waals surface area contributed by atoms with Crippen molar-refractivity contribution in [3.8, 4) is 0 Å². The zero-order valence-corrected chi connectivity index (χ0v) is 11.3. The summed E-state index contributed by atoms with van der Waals surface area (Å²) < 4.78 is 2.88. The van der Waals surface area contributed by atoms with E-state index in [0.717, 1.165) is 27.1 Å². The van der Waals surface area contributed by atoms with Gasteiger partial charge in [0.1, 0.15) is 4.83 Å². The van der Waals surface area contributed by atoms with Crippen LogP contribution < -0.4 is 11.2 Å². The summed E-state index contributed by atoms with van der Waals surface area (Å²) in [5.41, 5.74) is 0.678. The summed E-state index contributed by atoms with van der Waals surface area (Å²) >= 11 is 1.54. The highest BCUT2D eigenvalue weighted by molar-refractivity contribution is 7.18. The lowest BCUT2D eigenvalue weighted by atomic mass is 10.1. The molecule has 17 heavy (non-hydrogen) atoms. The second-order valence-corrected chi connectivity index (χ2v) is 5.26. The highest BCUT2D eigenvalue weighted by Gasteiger charge is 2.17. The third-order valence-corrected chi connectivity index (χ3v) is 4.31. The van der Waals surface area contributed by atoms with Crippen molar-refractivity contribution >= 4 is 21.6 Å². The van der Waals surface area contributed by atoms with Crippen molar-refractivity contribution in [1.29, 1.82) is 0 Å². The van der Waals surface area contributed by atoms with Crippen molar-refractivity contribution in [3.63, 3.8) is 0 Å². The first-order chi connectivity index (χ1) is 8.02. The number of hydrogen-bond acceptors (Lipinski definition) is 3. The summed E-state index contributed by atoms with van der Waals surface area (Å²) in [6.07, 6.45) is 0.822.